The molecule has 2 atom stereocenters. The van der Waals surface area contributed by atoms with Crippen LogP contribution in [0.3, 0.4) is 0 Å². The summed E-state index contributed by atoms with van der Waals surface area (Å²) in [5, 5.41) is 3.82. The number of benzene rings is 1. The number of piperazine rings is 1. The van der Waals surface area contributed by atoms with Crippen LogP contribution in [0.4, 0.5) is 16.2 Å². The first-order valence-electron chi connectivity index (χ1n) is 11.6. The average Bonchev–Trinajstić information content (AvgIpc) is 2.84. The largest absolute Gasteiger partial charge is 0.493 e. The van der Waals surface area contributed by atoms with E-state index < -0.39 is 5.82 Å². The van der Waals surface area contributed by atoms with Crippen LogP contribution < -0.4 is 25.4 Å². The summed E-state index contributed by atoms with van der Waals surface area (Å²) < 4.78 is 25.6. The zero-order valence-corrected chi connectivity index (χ0v) is 19.6. The predicted molar refractivity (Wildman–Crippen MR) is 125 cm³/mol. The van der Waals surface area contributed by atoms with Gasteiger partial charge in [-0.15, -0.1) is 0 Å². The molecule has 4 rings (SSSR count). The van der Waals surface area contributed by atoms with Crippen molar-refractivity contribution in [1.82, 2.24) is 20.2 Å². The van der Waals surface area contributed by atoms with Crippen molar-refractivity contribution >= 4 is 28.6 Å². The normalized spacial score (nSPS) is 21.3. The van der Waals surface area contributed by atoms with Gasteiger partial charge >= 0.3 is 0 Å². The molecule has 2 aliphatic heterocycles. The lowest BCUT2D eigenvalue weighted by Gasteiger charge is -2.41. The van der Waals surface area contributed by atoms with Crippen LogP contribution in [0.5, 0.6) is 11.5 Å². The number of anilines is 2. The number of nitrogens with two attached hydrogens (primary N) is 1. The number of halogens is 1. The molecule has 3 N–H and O–H groups in total. The van der Waals surface area contributed by atoms with Gasteiger partial charge in [0.2, 0.25) is 11.9 Å². The SMILES string of the molecule is CCC1CN(C(=O)CC2CCCCN2)CCN1c1nc(N)c2cc(OC)c(OC)c(F)c2n1. The van der Waals surface area contributed by atoms with Gasteiger partial charge < -0.3 is 30.3 Å². The number of rotatable bonds is 6. The molecule has 0 aliphatic carbocycles. The number of fused-ring (bicyclic) bond motifs is 1. The summed E-state index contributed by atoms with van der Waals surface area (Å²) in [5.41, 5.74) is 6.29. The second-order valence-corrected chi connectivity index (χ2v) is 8.68. The summed E-state index contributed by atoms with van der Waals surface area (Å²) in [6.45, 7) is 4.75. The Hall–Kier alpha value is -2.88. The van der Waals surface area contributed by atoms with Gasteiger partial charge in [0.15, 0.2) is 17.3 Å². The van der Waals surface area contributed by atoms with Gasteiger partial charge in [0, 0.05) is 43.5 Å². The molecule has 33 heavy (non-hydrogen) atoms. The molecule has 10 heteroatoms. The highest BCUT2D eigenvalue weighted by Crippen LogP contribution is 2.38. The zero-order valence-electron chi connectivity index (χ0n) is 19.6. The first kappa shape index (κ1) is 23.3. The molecule has 0 bridgehead atoms. The molecular weight excluding hydrogens is 427 g/mol. The van der Waals surface area contributed by atoms with E-state index in [1.54, 1.807) is 6.07 Å². The van der Waals surface area contributed by atoms with E-state index in [0.29, 0.717) is 37.4 Å². The quantitative estimate of drug-likeness (QED) is 0.677. The minimum absolute atomic E-state index is 0.0158. The number of nitrogens with zero attached hydrogens (tertiary/aromatic N) is 4. The second kappa shape index (κ2) is 9.94. The minimum Gasteiger partial charge on any atom is -0.493 e. The van der Waals surface area contributed by atoms with Crippen molar-refractivity contribution in [2.24, 2.45) is 0 Å². The summed E-state index contributed by atoms with van der Waals surface area (Å²) in [4.78, 5) is 25.9. The highest BCUT2D eigenvalue weighted by Gasteiger charge is 2.32. The molecule has 2 unspecified atom stereocenters. The number of ether oxygens (including phenoxy) is 2. The van der Waals surface area contributed by atoms with Gasteiger partial charge in [0.1, 0.15) is 11.3 Å². The number of hydrogen-bond acceptors (Lipinski definition) is 8. The summed E-state index contributed by atoms with van der Waals surface area (Å²) >= 11 is 0. The summed E-state index contributed by atoms with van der Waals surface area (Å²) in [5.74, 6) is 0.286. The van der Waals surface area contributed by atoms with E-state index in [9.17, 15) is 4.79 Å². The Balaban J connectivity index is 1.56. The van der Waals surface area contributed by atoms with Gasteiger partial charge in [-0.25, -0.2) is 9.37 Å². The van der Waals surface area contributed by atoms with E-state index in [1.165, 1.54) is 27.1 Å². The highest BCUT2D eigenvalue weighted by molar-refractivity contribution is 5.92. The van der Waals surface area contributed by atoms with Crippen LogP contribution in [0.25, 0.3) is 10.9 Å². The smallest absolute Gasteiger partial charge is 0.228 e. The van der Waals surface area contributed by atoms with E-state index in [4.69, 9.17) is 15.2 Å². The third-order valence-electron chi connectivity index (χ3n) is 6.69. The maximum absolute atomic E-state index is 15.2. The molecule has 2 aliphatic rings. The standard InChI is InChI=1S/C23H33FN6O3/c1-4-15-13-29(18(31)11-14-7-5-6-8-26-14)9-10-30(15)23-27-20-16(22(25)28-23)12-17(32-2)21(33-3)19(20)24/h12,14-15,26H,4-11,13H2,1-3H3,(H2,25,27,28). The molecule has 2 saturated heterocycles. The van der Waals surface area contributed by atoms with E-state index >= 15 is 4.39 Å². The zero-order chi connectivity index (χ0) is 23.5. The van der Waals surface area contributed by atoms with Crippen molar-refractivity contribution in [3.05, 3.63) is 11.9 Å². The van der Waals surface area contributed by atoms with Gasteiger partial charge in [-0.3, -0.25) is 4.79 Å². The summed E-state index contributed by atoms with van der Waals surface area (Å²) in [7, 11) is 2.82. The van der Waals surface area contributed by atoms with Crippen LogP contribution in [0, 0.1) is 5.82 Å². The molecule has 9 nitrogen and oxygen atoms in total. The molecule has 0 spiro atoms. The van der Waals surface area contributed by atoms with Crippen LogP contribution in [-0.4, -0.2) is 73.3 Å². The monoisotopic (exact) mass is 460 g/mol. The number of methoxy groups -OCH3 is 2. The molecule has 2 fully saturated rings. The molecule has 1 amide bonds. The number of nitrogen functional groups attached to an aromatic ring is 1. The van der Waals surface area contributed by atoms with Crippen molar-refractivity contribution < 1.29 is 18.7 Å². The molecule has 2 aromatic rings. The Morgan fingerprint density at radius 2 is 2.09 bits per heavy atom. The number of amides is 1. The topological polar surface area (TPSA) is 106 Å². The number of carbonyl (C=O) groups is 1. The fourth-order valence-corrected chi connectivity index (χ4v) is 4.80. The van der Waals surface area contributed by atoms with Crippen LogP contribution in [0.15, 0.2) is 6.07 Å². The van der Waals surface area contributed by atoms with Crippen molar-refractivity contribution in [2.45, 2.75) is 51.1 Å². The van der Waals surface area contributed by atoms with E-state index in [0.717, 1.165) is 19.4 Å². The molecule has 0 radical (unpaired) electrons. The van der Waals surface area contributed by atoms with Crippen LogP contribution in [0.1, 0.15) is 39.0 Å². The van der Waals surface area contributed by atoms with E-state index in [2.05, 4.69) is 22.2 Å². The molecular formula is C23H33FN6O3. The Labute approximate surface area is 193 Å². The number of aromatic nitrogens is 2. The summed E-state index contributed by atoms with van der Waals surface area (Å²) in [6, 6.07) is 1.87. The van der Waals surface area contributed by atoms with Crippen molar-refractivity contribution in [3.8, 4) is 11.5 Å². The molecule has 1 aromatic carbocycles. The van der Waals surface area contributed by atoms with E-state index in [1.807, 2.05) is 9.80 Å². The maximum Gasteiger partial charge on any atom is 0.228 e. The van der Waals surface area contributed by atoms with Crippen molar-refractivity contribution in [3.63, 3.8) is 0 Å². The van der Waals surface area contributed by atoms with Gasteiger partial charge in [-0.1, -0.05) is 13.3 Å². The molecule has 0 saturated carbocycles. The number of hydrogen-bond donors (Lipinski definition) is 2. The fourth-order valence-electron chi connectivity index (χ4n) is 4.80. The maximum atomic E-state index is 15.2. The Morgan fingerprint density at radius 3 is 2.76 bits per heavy atom. The lowest BCUT2D eigenvalue weighted by molar-refractivity contribution is -0.132. The van der Waals surface area contributed by atoms with Gasteiger partial charge in [-0.05, 0) is 31.9 Å². The average molecular weight is 461 g/mol. The third kappa shape index (κ3) is 4.62. The highest BCUT2D eigenvalue weighted by atomic mass is 19.1. The first-order chi connectivity index (χ1) is 16.0. The number of nitrogens with one attached hydrogen (secondary N) is 1. The summed E-state index contributed by atoms with van der Waals surface area (Å²) in [6.07, 6.45) is 4.72. The Kier molecular flexibility index (Phi) is 7.02. The van der Waals surface area contributed by atoms with Crippen molar-refractivity contribution in [1.29, 1.82) is 0 Å². The number of piperidine rings is 1. The first-order valence-corrected chi connectivity index (χ1v) is 11.6. The minimum atomic E-state index is -0.635. The lowest BCUT2D eigenvalue weighted by atomic mass is 10.0. The number of carbonyl (C=O) groups excluding carboxylic acids is 1. The Bertz CT molecular complexity index is 1010. The lowest BCUT2D eigenvalue weighted by Crippen LogP contribution is -2.56. The molecule has 180 valence electrons. The van der Waals surface area contributed by atoms with Gasteiger partial charge in [0.05, 0.1) is 14.2 Å². The van der Waals surface area contributed by atoms with Crippen LogP contribution in [0.2, 0.25) is 0 Å². The van der Waals surface area contributed by atoms with Crippen LogP contribution >= 0.6 is 0 Å². The predicted octanol–water partition coefficient (Wildman–Crippen LogP) is 2.33. The van der Waals surface area contributed by atoms with Crippen LogP contribution in [-0.2, 0) is 4.79 Å². The molecule has 3 heterocycles. The molecule has 1 aromatic heterocycles. The Morgan fingerprint density at radius 1 is 1.27 bits per heavy atom. The second-order valence-electron chi connectivity index (χ2n) is 8.68. The van der Waals surface area contributed by atoms with Gasteiger partial charge in [-0.2, -0.15) is 4.98 Å². The third-order valence-corrected chi connectivity index (χ3v) is 6.69. The van der Waals surface area contributed by atoms with E-state index in [-0.39, 0.29) is 40.8 Å². The van der Waals surface area contributed by atoms with Crippen molar-refractivity contribution in [2.75, 3.05) is 51.0 Å². The fraction of sp³-hybridized carbons (Fsp3) is 0.609. The van der Waals surface area contributed by atoms with Gasteiger partial charge in [0.25, 0.3) is 0 Å².